The molecule has 0 radical (unpaired) electrons. The van der Waals surface area contributed by atoms with Crippen LogP contribution < -0.4 is 9.62 Å². The maximum Gasteiger partial charge on any atom is 0.265 e. The van der Waals surface area contributed by atoms with Gasteiger partial charge in [0.25, 0.3) is 5.91 Å². The highest BCUT2D eigenvalue weighted by Crippen LogP contribution is 2.30. The van der Waals surface area contributed by atoms with E-state index in [1.807, 2.05) is 6.07 Å². The van der Waals surface area contributed by atoms with Crippen molar-refractivity contribution in [2.24, 2.45) is 0 Å². The minimum absolute atomic E-state index is 0.235. The fourth-order valence-electron chi connectivity index (χ4n) is 2.29. The van der Waals surface area contributed by atoms with Crippen LogP contribution in [0.3, 0.4) is 0 Å². The van der Waals surface area contributed by atoms with E-state index < -0.39 is 10.0 Å². The maximum absolute atomic E-state index is 12.4. The minimum atomic E-state index is -3.33. The number of hydrogen-bond donors (Lipinski definition) is 1. The molecule has 130 valence electrons. The normalized spacial score (nSPS) is 11.5. The van der Waals surface area contributed by atoms with Crippen LogP contribution in [0, 0.1) is 0 Å². The SMILES string of the molecule is CN(c1ccc2sc(C(=O)Nc3cccc(Cl)c3)cc2c1)S(C)(=O)=O. The molecule has 0 aliphatic carbocycles. The van der Waals surface area contributed by atoms with E-state index in [0.29, 0.717) is 21.3 Å². The Hall–Kier alpha value is -2.09. The van der Waals surface area contributed by atoms with Crippen molar-refractivity contribution in [1.29, 1.82) is 0 Å². The van der Waals surface area contributed by atoms with E-state index in [2.05, 4.69) is 5.32 Å². The lowest BCUT2D eigenvalue weighted by atomic mass is 10.2. The largest absolute Gasteiger partial charge is 0.321 e. The third kappa shape index (κ3) is 3.95. The van der Waals surface area contributed by atoms with Gasteiger partial charge in [-0.25, -0.2) is 8.42 Å². The molecule has 2 aromatic carbocycles. The molecule has 1 heterocycles. The summed E-state index contributed by atoms with van der Waals surface area (Å²) in [5.41, 5.74) is 1.17. The van der Waals surface area contributed by atoms with Crippen molar-refractivity contribution in [3.63, 3.8) is 0 Å². The third-order valence-corrected chi connectivity index (χ3v) is 6.22. The van der Waals surface area contributed by atoms with Gasteiger partial charge in [-0.15, -0.1) is 11.3 Å². The summed E-state index contributed by atoms with van der Waals surface area (Å²) in [6, 6.07) is 14.0. The summed E-state index contributed by atoms with van der Waals surface area (Å²) < 4.78 is 25.4. The van der Waals surface area contributed by atoms with Crippen molar-refractivity contribution < 1.29 is 13.2 Å². The van der Waals surface area contributed by atoms with Crippen molar-refractivity contribution in [3.05, 3.63) is 58.4 Å². The van der Waals surface area contributed by atoms with Crippen LogP contribution in [0.5, 0.6) is 0 Å². The first kappa shape index (κ1) is 17.7. The number of benzene rings is 2. The first-order valence-electron chi connectivity index (χ1n) is 7.28. The van der Waals surface area contributed by atoms with Crippen molar-refractivity contribution in [2.45, 2.75) is 0 Å². The Morgan fingerprint density at radius 1 is 1.16 bits per heavy atom. The van der Waals surface area contributed by atoms with Crippen LogP contribution in [0.2, 0.25) is 5.02 Å². The van der Waals surface area contributed by atoms with Gasteiger partial charge in [0.1, 0.15) is 0 Å². The number of anilines is 2. The van der Waals surface area contributed by atoms with E-state index in [-0.39, 0.29) is 5.91 Å². The standard InChI is InChI=1S/C17H15ClN2O3S2/c1-20(25(2,22)23)14-6-7-15-11(8-14)9-16(24-15)17(21)19-13-5-3-4-12(18)10-13/h3-10H,1-2H3,(H,19,21). The molecule has 3 aromatic rings. The molecule has 0 spiro atoms. The number of rotatable bonds is 4. The molecule has 0 saturated heterocycles. The second kappa shape index (κ2) is 6.67. The average Bonchev–Trinajstić information content (AvgIpc) is 2.96. The summed E-state index contributed by atoms with van der Waals surface area (Å²) in [6.07, 6.45) is 1.15. The number of carbonyl (C=O) groups is 1. The van der Waals surface area contributed by atoms with Gasteiger partial charge in [0.05, 0.1) is 16.8 Å². The molecule has 1 N–H and O–H groups in total. The predicted octanol–water partition coefficient (Wildman–Crippen LogP) is 4.20. The van der Waals surface area contributed by atoms with E-state index in [4.69, 9.17) is 11.6 Å². The molecule has 25 heavy (non-hydrogen) atoms. The molecule has 8 heteroatoms. The first-order chi connectivity index (χ1) is 11.7. The van der Waals surface area contributed by atoms with Crippen molar-refractivity contribution in [3.8, 4) is 0 Å². The van der Waals surface area contributed by atoms with Crippen LogP contribution in [-0.2, 0) is 10.0 Å². The monoisotopic (exact) mass is 394 g/mol. The fraction of sp³-hybridized carbons (Fsp3) is 0.118. The van der Waals surface area contributed by atoms with Crippen LogP contribution in [0.4, 0.5) is 11.4 Å². The van der Waals surface area contributed by atoms with E-state index in [9.17, 15) is 13.2 Å². The third-order valence-electron chi connectivity index (χ3n) is 3.67. The highest BCUT2D eigenvalue weighted by atomic mass is 35.5. The Kier molecular flexibility index (Phi) is 4.73. The van der Waals surface area contributed by atoms with Gasteiger partial charge in [-0.3, -0.25) is 9.10 Å². The average molecular weight is 395 g/mol. The summed E-state index contributed by atoms with van der Waals surface area (Å²) in [4.78, 5) is 13.0. The lowest BCUT2D eigenvalue weighted by molar-refractivity contribution is 0.103. The Morgan fingerprint density at radius 3 is 2.60 bits per heavy atom. The molecule has 0 unspecified atom stereocenters. The summed E-state index contributed by atoms with van der Waals surface area (Å²) in [5.74, 6) is -0.235. The van der Waals surface area contributed by atoms with E-state index in [1.165, 1.54) is 22.7 Å². The molecule has 5 nitrogen and oxygen atoms in total. The van der Waals surface area contributed by atoms with Crippen molar-refractivity contribution in [1.82, 2.24) is 0 Å². The number of sulfonamides is 1. The number of fused-ring (bicyclic) bond motifs is 1. The predicted molar refractivity (Wildman–Crippen MR) is 104 cm³/mol. The number of nitrogens with zero attached hydrogens (tertiary/aromatic N) is 1. The number of thiophene rings is 1. The molecule has 0 saturated carbocycles. The second-order valence-corrected chi connectivity index (χ2v) is 9.06. The van der Waals surface area contributed by atoms with Crippen LogP contribution in [0.15, 0.2) is 48.5 Å². The smallest absolute Gasteiger partial charge is 0.265 e. The molecule has 0 bridgehead atoms. The molecule has 0 atom stereocenters. The van der Waals surface area contributed by atoms with E-state index in [0.717, 1.165) is 16.3 Å². The van der Waals surface area contributed by atoms with Gasteiger partial charge >= 0.3 is 0 Å². The van der Waals surface area contributed by atoms with Gasteiger partial charge in [0.15, 0.2) is 0 Å². The Morgan fingerprint density at radius 2 is 1.92 bits per heavy atom. The molecular weight excluding hydrogens is 380 g/mol. The number of halogens is 1. The summed E-state index contributed by atoms with van der Waals surface area (Å²) >= 11 is 7.26. The molecule has 0 fully saturated rings. The van der Waals surface area contributed by atoms with Crippen LogP contribution in [-0.4, -0.2) is 27.6 Å². The van der Waals surface area contributed by atoms with Crippen molar-refractivity contribution >= 4 is 60.3 Å². The van der Waals surface area contributed by atoms with Gasteiger partial charge in [0.2, 0.25) is 10.0 Å². The van der Waals surface area contributed by atoms with Crippen LogP contribution in [0.25, 0.3) is 10.1 Å². The van der Waals surface area contributed by atoms with Gasteiger partial charge in [-0.2, -0.15) is 0 Å². The Labute approximate surface area is 154 Å². The first-order valence-corrected chi connectivity index (χ1v) is 10.3. The number of amides is 1. The fourth-order valence-corrected chi connectivity index (χ4v) is 3.91. The minimum Gasteiger partial charge on any atom is -0.321 e. The van der Waals surface area contributed by atoms with Crippen LogP contribution >= 0.6 is 22.9 Å². The zero-order valence-corrected chi connectivity index (χ0v) is 15.9. The molecule has 0 aliphatic rings. The summed E-state index contributed by atoms with van der Waals surface area (Å²) in [7, 11) is -1.84. The molecular formula is C17H15ClN2O3S2. The topological polar surface area (TPSA) is 66.5 Å². The highest BCUT2D eigenvalue weighted by Gasteiger charge is 2.15. The Balaban J connectivity index is 1.89. The zero-order valence-electron chi connectivity index (χ0n) is 13.5. The molecule has 1 amide bonds. The van der Waals surface area contributed by atoms with Crippen LogP contribution in [0.1, 0.15) is 9.67 Å². The Bertz CT molecular complexity index is 1060. The second-order valence-electron chi connectivity index (χ2n) is 5.53. The van der Waals surface area contributed by atoms with Gasteiger partial charge in [0, 0.05) is 22.5 Å². The maximum atomic E-state index is 12.4. The lowest BCUT2D eigenvalue weighted by Crippen LogP contribution is -2.24. The summed E-state index contributed by atoms with van der Waals surface area (Å²) in [5, 5.41) is 4.16. The van der Waals surface area contributed by atoms with E-state index >= 15 is 0 Å². The lowest BCUT2D eigenvalue weighted by Gasteiger charge is -2.16. The van der Waals surface area contributed by atoms with Gasteiger partial charge < -0.3 is 5.32 Å². The highest BCUT2D eigenvalue weighted by molar-refractivity contribution is 7.92. The zero-order chi connectivity index (χ0) is 18.2. The van der Waals surface area contributed by atoms with Crippen molar-refractivity contribution in [2.75, 3.05) is 22.9 Å². The van der Waals surface area contributed by atoms with Gasteiger partial charge in [-0.1, -0.05) is 17.7 Å². The number of hydrogen-bond acceptors (Lipinski definition) is 4. The molecule has 1 aromatic heterocycles. The summed E-state index contributed by atoms with van der Waals surface area (Å²) in [6.45, 7) is 0. The molecule has 0 aliphatic heterocycles. The quantitative estimate of drug-likeness (QED) is 0.721. The van der Waals surface area contributed by atoms with E-state index in [1.54, 1.807) is 42.5 Å². The number of carbonyl (C=O) groups excluding carboxylic acids is 1. The van der Waals surface area contributed by atoms with Gasteiger partial charge in [-0.05, 0) is 47.9 Å². The molecule has 3 rings (SSSR count). The number of nitrogens with one attached hydrogen (secondary N) is 1.